The molecule has 48 heavy (non-hydrogen) atoms. The molecule has 0 heterocycles. The summed E-state index contributed by atoms with van der Waals surface area (Å²) < 4.78 is 34.1. The summed E-state index contributed by atoms with van der Waals surface area (Å²) >= 11 is 0. The van der Waals surface area contributed by atoms with Crippen molar-refractivity contribution < 1.29 is 42.8 Å². The van der Waals surface area contributed by atoms with Crippen LogP contribution in [0, 0.1) is 0 Å². The zero-order chi connectivity index (χ0) is 34.6. The second-order valence-corrected chi connectivity index (χ2v) is 11.8. The van der Waals surface area contributed by atoms with Crippen molar-refractivity contribution in [3.05, 3.63) is 53.1 Å². The van der Waals surface area contributed by atoms with Gasteiger partial charge in [0.25, 0.3) is 0 Å². The van der Waals surface area contributed by atoms with Gasteiger partial charge in [0, 0.05) is 0 Å². The van der Waals surface area contributed by atoms with Crippen LogP contribution in [-0.4, -0.2) is 59.1 Å². The zero-order valence-electron chi connectivity index (χ0n) is 29.1. The molecule has 9 heteroatoms. The van der Waals surface area contributed by atoms with Gasteiger partial charge in [0.05, 0.1) is 41.2 Å². The molecule has 0 aromatic heterocycles. The van der Waals surface area contributed by atoms with Crippen molar-refractivity contribution in [2.45, 2.75) is 78.6 Å². The summed E-state index contributed by atoms with van der Waals surface area (Å²) in [5, 5.41) is 4.30. The van der Waals surface area contributed by atoms with Crippen molar-refractivity contribution >= 4 is 50.2 Å². The van der Waals surface area contributed by atoms with Crippen molar-refractivity contribution in [3.63, 3.8) is 0 Å². The van der Waals surface area contributed by atoms with Crippen LogP contribution in [-0.2, 0) is 14.2 Å². The van der Waals surface area contributed by atoms with E-state index in [0.29, 0.717) is 53.2 Å². The van der Waals surface area contributed by atoms with E-state index < -0.39 is 17.9 Å². The number of unbranched alkanes of at least 4 members (excludes halogenated alkanes) is 6. The molecule has 9 nitrogen and oxygen atoms in total. The first-order valence-corrected chi connectivity index (χ1v) is 17.0. The number of ether oxygens (including phenoxy) is 6. The van der Waals surface area contributed by atoms with E-state index in [1.807, 2.05) is 18.2 Å². The van der Waals surface area contributed by atoms with Gasteiger partial charge in [-0.1, -0.05) is 59.3 Å². The summed E-state index contributed by atoms with van der Waals surface area (Å²) in [5.41, 5.74) is 0.816. The Balaban J connectivity index is 2.12. The van der Waals surface area contributed by atoms with Gasteiger partial charge in [0.1, 0.15) is 33.9 Å². The number of carbonyl (C=O) groups is 3. The number of hydrogen-bond acceptors (Lipinski definition) is 9. The van der Waals surface area contributed by atoms with Gasteiger partial charge in [-0.15, -0.1) is 0 Å². The molecule has 4 rings (SSSR count). The number of fused-ring (bicyclic) bond motifs is 6. The molecule has 0 spiro atoms. The highest BCUT2D eigenvalue weighted by molar-refractivity contribution is 6.28. The van der Waals surface area contributed by atoms with Gasteiger partial charge >= 0.3 is 17.9 Å². The normalized spacial score (nSPS) is 11.1. The number of carbonyl (C=O) groups excluding carboxylic acids is 3. The lowest BCUT2D eigenvalue weighted by Gasteiger charge is -2.19. The molecule has 0 unspecified atom stereocenters. The third-order valence-corrected chi connectivity index (χ3v) is 8.46. The van der Waals surface area contributed by atoms with Gasteiger partial charge in [0.15, 0.2) is 0 Å². The van der Waals surface area contributed by atoms with Crippen molar-refractivity contribution in [2.24, 2.45) is 0 Å². The molecule has 0 fully saturated rings. The molecule has 0 saturated heterocycles. The molecule has 0 amide bonds. The van der Waals surface area contributed by atoms with Gasteiger partial charge in [-0.25, -0.2) is 14.4 Å². The van der Waals surface area contributed by atoms with E-state index in [0.717, 1.165) is 73.9 Å². The van der Waals surface area contributed by atoms with Crippen LogP contribution in [0.1, 0.15) is 110 Å². The number of methoxy groups -OCH3 is 3. The molecule has 0 aliphatic rings. The largest absolute Gasteiger partial charge is 0.493 e. The van der Waals surface area contributed by atoms with E-state index >= 15 is 0 Å². The Bertz CT molecular complexity index is 1520. The Kier molecular flexibility index (Phi) is 13.3. The van der Waals surface area contributed by atoms with Crippen LogP contribution in [0.25, 0.3) is 32.3 Å². The maximum atomic E-state index is 13.1. The lowest BCUT2D eigenvalue weighted by atomic mass is 9.90. The summed E-state index contributed by atoms with van der Waals surface area (Å²) in [7, 11) is 4.00. The molecule has 0 aliphatic heterocycles. The van der Waals surface area contributed by atoms with E-state index in [1.165, 1.54) is 21.3 Å². The Hall–Kier alpha value is -4.53. The van der Waals surface area contributed by atoms with Crippen molar-refractivity contribution in [3.8, 4) is 17.2 Å². The number of hydrogen-bond donors (Lipinski definition) is 0. The van der Waals surface area contributed by atoms with Crippen LogP contribution in [0.2, 0.25) is 0 Å². The fraction of sp³-hybridized carbons (Fsp3) is 0.462. The molecule has 4 aromatic rings. The molecule has 0 saturated carbocycles. The van der Waals surface area contributed by atoms with E-state index in [4.69, 9.17) is 28.4 Å². The van der Waals surface area contributed by atoms with E-state index in [2.05, 4.69) is 20.8 Å². The first-order valence-electron chi connectivity index (χ1n) is 17.0. The van der Waals surface area contributed by atoms with Crippen LogP contribution >= 0.6 is 0 Å². The summed E-state index contributed by atoms with van der Waals surface area (Å²) in [4.78, 5) is 39.4. The fourth-order valence-corrected chi connectivity index (χ4v) is 5.85. The van der Waals surface area contributed by atoms with Crippen LogP contribution in [0.4, 0.5) is 0 Å². The Morgan fingerprint density at radius 3 is 0.896 bits per heavy atom. The first-order chi connectivity index (χ1) is 23.3. The summed E-state index contributed by atoms with van der Waals surface area (Å²) in [6, 6.07) is 10.7. The third kappa shape index (κ3) is 8.12. The highest BCUT2D eigenvalue weighted by Crippen LogP contribution is 2.43. The fourth-order valence-electron chi connectivity index (χ4n) is 5.85. The molecular weight excluding hydrogens is 612 g/mol. The minimum atomic E-state index is -0.538. The van der Waals surface area contributed by atoms with E-state index in [-0.39, 0.29) is 16.7 Å². The molecular formula is C39H48O9. The predicted octanol–water partition coefficient (Wildman–Crippen LogP) is 9.21. The monoisotopic (exact) mass is 660 g/mol. The lowest BCUT2D eigenvalue weighted by molar-refractivity contribution is 0.0587. The van der Waals surface area contributed by atoms with Gasteiger partial charge in [-0.2, -0.15) is 0 Å². The molecule has 0 N–H and O–H groups in total. The lowest BCUT2D eigenvalue weighted by Crippen LogP contribution is -2.09. The number of rotatable bonds is 18. The van der Waals surface area contributed by atoms with Gasteiger partial charge in [0.2, 0.25) is 0 Å². The smallest absolute Gasteiger partial charge is 0.341 e. The summed E-state index contributed by atoms with van der Waals surface area (Å²) in [5.74, 6) is -0.467. The minimum Gasteiger partial charge on any atom is -0.493 e. The highest BCUT2D eigenvalue weighted by Gasteiger charge is 2.24. The summed E-state index contributed by atoms with van der Waals surface area (Å²) in [6.45, 7) is 7.62. The Morgan fingerprint density at radius 2 is 0.667 bits per heavy atom. The van der Waals surface area contributed by atoms with Crippen LogP contribution in [0.5, 0.6) is 17.2 Å². The van der Waals surface area contributed by atoms with Gasteiger partial charge in [-0.3, -0.25) is 0 Å². The first kappa shape index (κ1) is 36.3. The average molecular weight is 661 g/mol. The average Bonchev–Trinajstić information content (AvgIpc) is 3.11. The maximum absolute atomic E-state index is 13.1. The Labute approximate surface area is 282 Å². The predicted molar refractivity (Wildman–Crippen MR) is 188 cm³/mol. The second-order valence-electron chi connectivity index (χ2n) is 11.8. The zero-order valence-corrected chi connectivity index (χ0v) is 29.1. The topological polar surface area (TPSA) is 107 Å². The quantitative estimate of drug-likeness (QED) is 0.0447. The molecule has 0 bridgehead atoms. The molecule has 258 valence electrons. The number of benzene rings is 4. The highest BCUT2D eigenvalue weighted by atomic mass is 16.5. The molecule has 0 atom stereocenters. The molecule has 4 aromatic carbocycles. The van der Waals surface area contributed by atoms with Crippen molar-refractivity contribution in [1.82, 2.24) is 0 Å². The Morgan fingerprint density at radius 1 is 0.417 bits per heavy atom. The van der Waals surface area contributed by atoms with Crippen molar-refractivity contribution in [2.75, 3.05) is 41.2 Å². The molecule has 0 aliphatic carbocycles. The van der Waals surface area contributed by atoms with Gasteiger partial charge < -0.3 is 28.4 Å². The van der Waals surface area contributed by atoms with Crippen molar-refractivity contribution in [1.29, 1.82) is 0 Å². The summed E-state index contributed by atoms with van der Waals surface area (Å²) in [6.07, 6.45) is 8.52. The van der Waals surface area contributed by atoms with Gasteiger partial charge in [-0.05, 0) is 88.0 Å². The van der Waals surface area contributed by atoms with Crippen LogP contribution in [0.3, 0.4) is 0 Å². The standard InChI is InChI=1S/C39H48O9/c1-7-10-13-16-46-34-22-28-25(19-31(34)37(40)43-4)29-23-35(47-17-14-11-8-2)33(39(42)45-6)21-27(29)30-24-36(48-18-15-12-9-3)32(20-26(28)30)38(41)44-5/h19-24H,7-18H2,1-6H3. The SMILES string of the molecule is CCCCCOc1cc2c(cc1C(=O)OC)c1cc(OCCCCC)c(C(=O)OC)cc1c1cc(OCCCCC)c(C(=O)OC)cc21. The van der Waals surface area contributed by atoms with E-state index in [9.17, 15) is 14.4 Å². The second kappa shape index (κ2) is 17.6. The third-order valence-electron chi connectivity index (χ3n) is 8.46. The minimum absolute atomic E-state index is 0.272. The maximum Gasteiger partial charge on any atom is 0.341 e. The molecule has 0 radical (unpaired) electrons. The van der Waals surface area contributed by atoms with Crippen LogP contribution in [0.15, 0.2) is 36.4 Å². The van der Waals surface area contributed by atoms with E-state index in [1.54, 1.807) is 18.2 Å². The number of esters is 3. The van der Waals surface area contributed by atoms with Crippen LogP contribution < -0.4 is 14.2 Å².